The Hall–Kier alpha value is -2.93. The van der Waals surface area contributed by atoms with Crippen molar-refractivity contribution in [2.24, 2.45) is 4.99 Å². The van der Waals surface area contributed by atoms with Crippen LogP contribution >= 0.6 is 11.8 Å². The molecule has 0 radical (unpaired) electrons. The molecule has 1 aliphatic rings. The molecule has 0 unspecified atom stereocenters. The molecule has 6 nitrogen and oxygen atoms in total. The summed E-state index contributed by atoms with van der Waals surface area (Å²) in [5, 5.41) is 3.33. The first kappa shape index (κ1) is 21.8. The van der Waals surface area contributed by atoms with Crippen LogP contribution in [0.15, 0.2) is 46.3 Å². The number of carbonyl (C=O) groups excluding carboxylic acids is 1. The number of nitrogens with one attached hydrogen (secondary N) is 1. The van der Waals surface area contributed by atoms with Crippen molar-refractivity contribution in [2.45, 2.75) is 26.7 Å². The maximum atomic E-state index is 12.4. The number of ether oxygens (including phenoxy) is 3. The molecule has 1 N–H and O–H groups in total. The van der Waals surface area contributed by atoms with Gasteiger partial charge in [0, 0.05) is 0 Å². The molecular formula is C23H26N2O4S. The summed E-state index contributed by atoms with van der Waals surface area (Å²) in [7, 11) is 3.21. The highest BCUT2D eigenvalue weighted by atomic mass is 32.2. The highest BCUT2D eigenvalue weighted by Crippen LogP contribution is 2.34. The molecule has 0 aliphatic carbocycles. The van der Waals surface area contributed by atoms with Crippen LogP contribution in [-0.4, -0.2) is 31.9 Å². The molecular weight excluding hydrogens is 400 g/mol. The second-order valence-electron chi connectivity index (χ2n) is 6.77. The minimum atomic E-state index is -0.187. The van der Waals surface area contributed by atoms with E-state index >= 15 is 0 Å². The molecule has 0 bridgehead atoms. The number of hydrogen-bond acceptors (Lipinski definition) is 6. The Kier molecular flexibility index (Phi) is 7.41. The molecule has 3 rings (SSSR count). The van der Waals surface area contributed by atoms with Gasteiger partial charge in [0.15, 0.2) is 16.7 Å². The number of hydrogen-bond donors (Lipinski definition) is 1. The van der Waals surface area contributed by atoms with Gasteiger partial charge in [-0.05, 0) is 66.6 Å². The van der Waals surface area contributed by atoms with Gasteiger partial charge in [0.25, 0.3) is 5.91 Å². The normalized spacial score (nSPS) is 16.1. The molecule has 2 aromatic rings. The van der Waals surface area contributed by atoms with E-state index in [1.165, 1.54) is 11.8 Å². The van der Waals surface area contributed by atoms with Gasteiger partial charge in [-0.2, -0.15) is 0 Å². The minimum absolute atomic E-state index is 0.187. The Morgan fingerprint density at radius 2 is 1.83 bits per heavy atom. The van der Waals surface area contributed by atoms with E-state index < -0.39 is 0 Å². The summed E-state index contributed by atoms with van der Waals surface area (Å²) in [6, 6.07) is 11.4. The van der Waals surface area contributed by atoms with Gasteiger partial charge in [-0.3, -0.25) is 4.79 Å². The highest BCUT2D eigenvalue weighted by Gasteiger charge is 2.24. The first-order chi connectivity index (χ1) is 14.5. The van der Waals surface area contributed by atoms with Gasteiger partial charge in [-0.25, -0.2) is 4.99 Å². The topological polar surface area (TPSA) is 69.2 Å². The molecule has 1 aliphatic heterocycles. The Balaban J connectivity index is 1.80. The lowest BCUT2D eigenvalue weighted by Gasteiger charge is -2.11. The van der Waals surface area contributed by atoms with E-state index in [4.69, 9.17) is 14.2 Å². The number of amides is 1. The van der Waals surface area contributed by atoms with Crippen LogP contribution in [0.5, 0.6) is 17.2 Å². The van der Waals surface area contributed by atoms with Gasteiger partial charge in [0.2, 0.25) is 0 Å². The first-order valence-corrected chi connectivity index (χ1v) is 10.6. The molecule has 1 fully saturated rings. The second kappa shape index (κ2) is 10.2. The van der Waals surface area contributed by atoms with E-state index in [0.717, 1.165) is 24.0 Å². The van der Waals surface area contributed by atoms with Crippen molar-refractivity contribution in [2.75, 3.05) is 20.8 Å². The Morgan fingerprint density at radius 1 is 1.07 bits per heavy atom. The van der Waals surface area contributed by atoms with Crippen LogP contribution in [0.3, 0.4) is 0 Å². The third-order valence-electron chi connectivity index (χ3n) is 4.45. The summed E-state index contributed by atoms with van der Waals surface area (Å²) < 4.78 is 16.6. The lowest BCUT2D eigenvalue weighted by molar-refractivity contribution is -0.115. The average Bonchev–Trinajstić information content (AvgIpc) is 3.07. The third kappa shape index (κ3) is 5.36. The van der Waals surface area contributed by atoms with Crippen LogP contribution in [0.4, 0.5) is 5.69 Å². The monoisotopic (exact) mass is 426 g/mol. The van der Waals surface area contributed by atoms with E-state index in [2.05, 4.69) is 17.2 Å². The summed E-state index contributed by atoms with van der Waals surface area (Å²) in [5.41, 5.74) is 2.59. The van der Waals surface area contributed by atoms with Crippen molar-refractivity contribution in [3.05, 3.63) is 52.4 Å². The van der Waals surface area contributed by atoms with Crippen LogP contribution in [0.1, 0.15) is 30.9 Å². The van der Waals surface area contributed by atoms with E-state index in [1.807, 2.05) is 49.4 Å². The number of methoxy groups -OCH3 is 2. The van der Waals surface area contributed by atoms with Crippen LogP contribution < -0.4 is 19.5 Å². The fourth-order valence-corrected chi connectivity index (χ4v) is 3.68. The number of amidine groups is 1. The smallest absolute Gasteiger partial charge is 0.264 e. The lowest BCUT2D eigenvalue weighted by Crippen LogP contribution is -2.19. The quantitative estimate of drug-likeness (QED) is 0.471. The Labute approximate surface area is 181 Å². The summed E-state index contributed by atoms with van der Waals surface area (Å²) in [4.78, 5) is 17.5. The van der Waals surface area contributed by atoms with Crippen molar-refractivity contribution in [3.63, 3.8) is 0 Å². The lowest BCUT2D eigenvalue weighted by atomic mass is 10.2. The van der Waals surface area contributed by atoms with E-state index in [1.54, 1.807) is 14.2 Å². The largest absolute Gasteiger partial charge is 0.494 e. The number of carbonyl (C=O) groups is 1. The number of thioether (sulfide) groups is 1. The van der Waals surface area contributed by atoms with Gasteiger partial charge in [-0.15, -0.1) is 0 Å². The molecule has 0 atom stereocenters. The number of unbranched alkanes of at least 4 members (excludes halogenated alkanes) is 1. The molecule has 0 spiro atoms. The third-order valence-corrected chi connectivity index (χ3v) is 5.36. The standard InChI is InChI=1S/C23H26N2O4S/c1-5-6-11-29-19-10-8-16(13-20(19)28-4)14-21-22(26)25-23(30-21)24-17-12-15(2)7-9-18(17)27-3/h7-10,12-14H,5-6,11H2,1-4H3,(H,24,25,26)/b21-14-. The van der Waals surface area contributed by atoms with Crippen molar-refractivity contribution >= 4 is 34.6 Å². The number of benzene rings is 2. The fourth-order valence-electron chi connectivity index (χ4n) is 2.85. The van der Waals surface area contributed by atoms with E-state index in [9.17, 15) is 4.79 Å². The molecule has 2 aromatic carbocycles. The molecule has 1 heterocycles. The predicted molar refractivity (Wildman–Crippen MR) is 122 cm³/mol. The molecule has 0 saturated carbocycles. The number of rotatable bonds is 8. The van der Waals surface area contributed by atoms with Crippen LogP contribution in [0.25, 0.3) is 6.08 Å². The molecule has 0 aromatic heterocycles. The number of aliphatic imine (C=N–C) groups is 1. The molecule has 158 valence electrons. The van der Waals surface area contributed by atoms with Crippen molar-refractivity contribution in [1.82, 2.24) is 5.32 Å². The number of nitrogens with zero attached hydrogens (tertiary/aromatic N) is 1. The van der Waals surface area contributed by atoms with Crippen molar-refractivity contribution < 1.29 is 19.0 Å². The Morgan fingerprint density at radius 3 is 2.57 bits per heavy atom. The van der Waals surface area contributed by atoms with Crippen molar-refractivity contribution in [3.8, 4) is 17.2 Å². The minimum Gasteiger partial charge on any atom is -0.494 e. The zero-order valence-electron chi connectivity index (χ0n) is 17.7. The summed E-state index contributed by atoms with van der Waals surface area (Å²) in [6.45, 7) is 4.75. The molecule has 30 heavy (non-hydrogen) atoms. The SMILES string of the molecule is CCCCOc1ccc(/C=C2\SC(=Nc3cc(C)ccc3OC)NC2=O)cc1OC. The Bertz CT molecular complexity index is 985. The number of aryl methyl sites for hydroxylation is 1. The molecule has 1 amide bonds. The van der Waals surface area contributed by atoms with Gasteiger partial charge in [-0.1, -0.05) is 25.5 Å². The molecule has 7 heteroatoms. The van der Waals surface area contributed by atoms with Crippen molar-refractivity contribution in [1.29, 1.82) is 0 Å². The van der Waals surface area contributed by atoms with Gasteiger partial charge in [0.05, 0.1) is 25.7 Å². The van der Waals surface area contributed by atoms with Crippen LogP contribution in [0, 0.1) is 6.92 Å². The van der Waals surface area contributed by atoms with Gasteiger partial charge >= 0.3 is 0 Å². The van der Waals surface area contributed by atoms with Gasteiger partial charge < -0.3 is 19.5 Å². The first-order valence-electron chi connectivity index (χ1n) is 9.79. The summed E-state index contributed by atoms with van der Waals surface area (Å²) in [5.74, 6) is 1.81. The maximum Gasteiger partial charge on any atom is 0.264 e. The maximum absolute atomic E-state index is 12.4. The average molecular weight is 427 g/mol. The molecule has 1 saturated heterocycles. The predicted octanol–water partition coefficient (Wildman–Crippen LogP) is 5.08. The van der Waals surface area contributed by atoms with Gasteiger partial charge in [0.1, 0.15) is 11.4 Å². The summed E-state index contributed by atoms with van der Waals surface area (Å²) >= 11 is 1.29. The van der Waals surface area contributed by atoms with E-state index in [0.29, 0.717) is 39.6 Å². The van der Waals surface area contributed by atoms with Crippen LogP contribution in [-0.2, 0) is 4.79 Å². The van der Waals surface area contributed by atoms with Crippen LogP contribution in [0.2, 0.25) is 0 Å². The van der Waals surface area contributed by atoms with E-state index in [-0.39, 0.29) is 5.91 Å². The fraction of sp³-hybridized carbons (Fsp3) is 0.304. The zero-order chi connectivity index (χ0) is 21.5. The highest BCUT2D eigenvalue weighted by molar-refractivity contribution is 8.18. The summed E-state index contributed by atoms with van der Waals surface area (Å²) in [6.07, 6.45) is 3.87. The zero-order valence-corrected chi connectivity index (χ0v) is 18.5. The second-order valence-corrected chi connectivity index (χ2v) is 7.80.